The van der Waals surface area contributed by atoms with Crippen molar-refractivity contribution in [1.29, 1.82) is 5.26 Å². The van der Waals surface area contributed by atoms with Crippen LogP contribution in [0.5, 0.6) is 0 Å². The molecule has 3 unspecified atom stereocenters. The van der Waals surface area contributed by atoms with Crippen molar-refractivity contribution in [3.63, 3.8) is 0 Å². The molecule has 102 valence electrons. The standard InChI is InChI=1S/C15H27N3/c1-3-14-12-18(10-9-17(14)2)15-8-6-4-5-7-13(15)11-16/h13-15H,3-10,12H2,1-2H3. The van der Waals surface area contributed by atoms with E-state index in [1.807, 2.05) is 0 Å². The quantitative estimate of drug-likeness (QED) is 0.704. The molecule has 2 fully saturated rings. The SMILES string of the molecule is CCC1CN(C2CCCCCC2C#N)CCN1C. The first-order chi connectivity index (χ1) is 8.76. The minimum Gasteiger partial charge on any atom is -0.301 e. The zero-order valence-corrected chi connectivity index (χ0v) is 11.9. The Morgan fingerprint density at radius 2 is 1.94 bits per heavy atom. The highest BCUT2D eigenvalue weighted by Gasteiger charge is 2.33. The summed E-state index contributed by atoms with van der Waals surface area (Å²) in [4.78, 5) is 5.10. The van der Waals surface area contributed by atoms with E-state index in [2.05, 4.69) is 29.8 Å². The lowest BCUT2D eigenvalue weighted by Gasteiger charge is -2.43. The molecule has 3 nitrogen and oxygen atoms in total. The molecule has 0 N–H and O–H groups in total. The Bertz CT molecular complexity index is 297. The summed E-state index contributed by atoms with van der Waals surface area (Å²) >= 11 is 0. The molecule has 1 saturated carbocycles. The summed E-state index contributed by atoms with van der Waals surface area (Å²) in [5, 5.41) is 9.41. The molecule has 0 radical (unpaired) electrons. The Morgan fingerprint density at radius 1 is 1.17 bits per heavy atom. The number of nitriles is 1. The van der Waals surface area contributed by atoms with Crippen molar-refractivity contribution in [2.75, 3.05) is 26.7 Å². The van der Waals surface area contributed by atoms with E-state index in [0.29, 0.717) is 12.1 Å². The van der Waals surface area contributed by atoms with Gasteiger partial charge in [-0.05, 0) is 26.3 Å². The van der Waals surface area contributed by atoms with Gasteiger partial charge in [-0.25, -0.2) is 0 Å². The van der Waals surface area contributed by atoms with Crippen molar-refractivity contribution in [2.24, 2.45) is 5.92 Å². The average molecular weight is 249 g/mol. The summed E-state index contributed by atoms with van der Waals surface area (Å²) < 4.78 is 0. The number of nitrogens with zero attached hydrogens (tertiary/aromatic N) is 3. The van der Waals surface area contributed by atoms with Gasteiger partial charge in [-0.15, -0.1) is 0 Å². The van der Waals surface area contributed by atoms with E-state index in [1.165, 1.54) is 32.1 Å². The van der Waals surface area contributed by atoms with E-state index in [9.17, 15) is 5.26 Å². The molecule has 18 heavy (non-hydrogen) atoms. The molecule has 2 aliphatic rings. The number of hydrogen-bond acceptors (Lipinski definition) is 3. The molecule has 3 atom stereocenters. The third-order valence-corrected chi connectivity index (χ3v) is 4.89. The topological polar surface area (TPSA) is 30.3 Å². The highest BCUT2D eigenvalue weighted by Crippen LogP contribution is 2.28. The molecule has 3 heteroatoms. The zero-order chi connectivity index (χ0) is 13.0. The fraction of sp³-hybridized carbons (Fsp3) is 0.933. The van der Waals surface area contributed by atoms with E-state index in [-0.39, 0.29) is 5.92 Å². The molecule has 0 amide bonds. The molecule has 0 aromatic rings. The highest BCUT2D eigenvalue weighted by molar-refractivity contribution is 4.96. The maximum atomic E-state index is 9.41. The lowest BCUT2D eigenvalue weighted by Crippen LogP contribution is -2.55. The van der Waals surface area contributed by atoms with Crippen LogP contribution >= 0.6 is 0 Å². The van der Waals surface area contributed by atoms with Crippen LogP contribution in [0.3, 0.4) is 0 Å². The largest absolute Gasteiger partial charge is 0.301 e. The van der Waals surface area contributed by atoms with Gasteiger partial charge in [-0.1, -0.05) is 26.2 Å². The number of piperazine rings is 1. The summed E-state index contributed by atoms with van der Waals surface area (Å²) in [6.07, 6.45) is 7.45. The molecule has 1 aliphatic carbocycles. The van der Waals surface area contributed by atoms with Crippen LogP contribution in [0.4, 0.5) is 0 Å². The Labute approximate surface area is 112 Å². The second-order valence-corrected chi connectivity index (χ2v) is 5.98. The molecular weight excluding hydrogens is 222 g/mol. The Kier molecular flexibility index (Phi) is 5.03. The van der Waals surface area contributed by atoms with Crippen molar-refractivity contribution in [1.82, 2.24) is 9.80 Å². The van der Waals surface area contributed by atoms with E-state index >= 15 is 0 Å². The minimum absolute atomic E-state index is 0.272. The molecule has 1 heterocycles. The van der Waals surface area contributed by atoms with E-state index in [1.54, 1.807) is 0 Å². The molecular formula is C15H27N3. The number of likely N-dealkylation sites (N-methyl/N-ethyl adjacent to an activating group) is 1. The smallest absolute Gasteiger partial charge is 0.0672 e. The summed E-state index contributed by atoms with van der Waals surface area (Å²) in [5.74, 6) is 0.272. The normalized spacial score (nSPS) is 35.9. The van der Waals surface area contributed by atoms with Gasteiger partial charge in [0, 0.05) is 31.7 Å². The molecule has 0 bridgehead atoms. The molecule has 0 spiro atoms. The van der Waals surface area contributed by atoms with Crippen LogP contribution in [-0.4, -0.2) is 48.6 Å². The van der Waals surface area contributed by atoms with Crippen molar-refractivity contribution < 1.29 is 0 Å². The van der Waals surface area contributed by atoms with Crippen LogP contribution in [0, 0.1) is 17.2 Å². The van der Waals surface area contributed by atoms with Crippen molar-refractivity contribution >= 4 is 0 Å². The Hall–Kier alpha value is -0.590. The third-order valence-electron chi connectivity index (χ3n) is 4.89. The van der Waals surface area contributed by atoms with Crippen LogP contribution in [0.15, 0.2) is 0 Å². The third kappa shape index (κ3) is 3.05. The predicted molar refractivity (Wildman–Crippen MR) is 74.3 cm³/mol. The lowest BCUT2D eigenvalue weighted by atomic mass is 9.93. The fourth-order valence-corrected chi connectivity index (χ4v) is 3.59. The monoisotopic (exact) mass is 249 g/mol. The van der Waals surface area contributed by atoms with Crippen LogP contribution in [0.25, 0.3) is 0 Å². The van der Waals surface area contributed by atoms with Gasteiger partial charge in [0.15, 0.2) is 0 Å². The van der Waals surface area contributed by atoms with Gasteiger partial charge in [0.1, 0.15) is 0 Å². The van der Waals surface area contributed by atoms with Crippen molar-refractivity contribution in [2.45, 2.75) is 57.5 Å². The van der Waals surface area contributed by atoms with Gasteiger partial charge in [-0.3, -0.25) is 4.90 Å². The highest BCUT2D eigenvalue weighted by atomic mass is 15.3. The summed E-state index contributed by atoms with van der Waals surface area (Å²) in [6.45, 7) is 5.75. The van der Waals surface area contributed by atoms with Gasteiger partial charge in [0.05, 0.1) is 12.0 Å². The summed E-state index contributed by atoms with van der Waals surface area (Å²) in [6, 6.07) is 3.79. The van der Waals surface area contributed by atoms with E-state index < -0.39 is 0 Å². The van der Waals surface area contributed by atoms with E-state index in [4.69, 9.17) is 0 Å². The number of rotatable bonds is 2. The predicted octanol–water partition coefficient (Wildman–Crippen LogP) is 2.48. The van der Waals surface area contributed by atoms with Crippen LogP contribution in [0.1, 0.15) is 45.4 Å². The van der Waals surface area contributed by atoms with Crippen molar-refractivity contribution in [3.05, 3.63) is 0 Å². The molecule has 0 aromatic heterocycles. The van der Waals surface area contributed by atoms with Gasteiger partial charge < -0.3 is 4.90 Å². The van der Waals surface area contributed by atoms with Crippen LogP contribution in [-0.2, 0) is 0 Å². The second kappa shape index (κ2) is 6.54. The number of hydrogen-bond donors (Lipinski definition) is 0. The molecule has 0 aromatic carbocycles. The fourth-order valence-electron chi connectivity index (χ4n) is 3.59. The maximum absolute atomic E-state index is 9.41. The zero-order valence-electron chi connectivity index (χ0n) is 11.9. The Balaban J connectivity index is 2.02. The second-order valence-electron chi connectivity index (χ2n) is 5.98. The van der Waals surface area contributed by atoms with Crippen LogP contribution in [0.2, 0.25) is 0 Å². The van der Waals surface area contributed by atoms with E-state index in [0.717, 1.165) is 26.1 Å². The molecule has 1 saturated heterocycles. The summed E-state index contributed by atoms with van der Waals surface area (Å²) in [5.41, 5.74) is 0. The van der Waals surface area contributed by atoms with Gasteiger partial charge in [-0.2, -0.15) is 5.26 Å². The lowest BCUT2D eigenvalue weighted by molar-refractivity contribution is 0.0468. The first kappa shape index (κ1) is 13.8. The minimum atomic E-state index is 0.272. The van der Waals surface area contributed by atoms with Gasteiger partial charge >= 0.3 is 0 Å². The average Bonchev–Trinajstić information content (AvgIpc) is 2.64. The van der Waals surface area contributed by atoms with Gasteiger partial charge in [0.2, 0.25) is 0 Å². The maximum Gasteiger partial charge on any atom is 0.0672 e. The Morgan fingerprint density at radius 3 is 2.67 bits per heavy atom. The summed E-state index contributed by atoms with van der Waals surface area (Å²) in [7, 11) is 2.24. The van der Waals surface area contributed by atoms with Crippen LogP contribution < -0.4 is 0 Å². The first-order valence-electron chi connectivity index (χ1n) is 7.60. The molecule has 2 rings (SSSR count). The molecule has 1 aliphatic heterocycles. The van der Waals surface area contributed by atoms with Crippen molar-refractivity contribution in [3.8, 4) is 6.07 Å². The first-order valence-corrected chi connectivity index (χ1v) is 7.60. The van der Waals surface area contributed by atoms with Gasteiger partial charge in [0.25, 0.3) is 0 Å².